The Morgan fingerprint density at radius 2 is 1.93 bits per heavy atom. The van der Waals surface area contributed by atoms with Gasteiger partial charge in [0.15, 0.2) is 0 Å². The maximum absolute atomic E-state index is 10.9. The van der Waals surface area contributed by atoms with E-state index in [2.05, 4.69) is 27.7 Å². The highest BCUT2D eigenvalue weighted by Gasteiger charge is 2.39. The molecule has 1 aliphatic carbocycles. The van der Waals surface area contributed by atoms with Crippen LogP contribution in [0.15, 0.2) is 0 Å². The quantitative estimate of drug-likeness (QED) is 0.605. The minimum atomic E-state index is -0.146. The molecular formula is C12H22O2. The van der Waals surface area contributed by atoms with Gasteiger partial charge >= 0.3 is 5.97 Å². The Kier molecular flexibility index (Phi) is 3.23. The summed E-state index contributed by atoms with van der Waals surface area (Å²) in [6.07, 6.45) is 2.15. The van der Waals surface area contributed by atoms with Gasteiger partial charge in [0.1, 0.15) is 6.10 Å². The molecule has 0 aliphatic heterocycles. The predicted octanol–water partition coefficient (Wildman–Crippen LogP) is 3.01. The van der Waals surface area contributed by atoms with Crippen molar-refractivity contribution < 1.29 is 9.53 Å². The second-order valence-electron chi connectivity index (χ2n) is 5.43. The molecule has 1 rings (SSSR count). The summed E-state index contributed by atoms with van der Waals surface area (Å²) in [7, 11) is 0. The number of esters is 1. The van der Waals surface area contributed by atoms with Crippen LogP contribution in [0.5, 0.6) is 0 Å². The van der Waals surface area contributed by atoms with Crippen molar-refractivity contribution in [3.05, 3.63) is 0 Å². The summed E-state index contributed by atoms with van der Waals surface area (Å²) in [6.45, 7) is 10.6. The molecule has 2 heteroatoms. The van der Waals surface area contributed by atoms with E-state index in [1.54, 1.807) is 0 Å². The van der Waals surface area contributed by atoms with Crippen LogP contribution in [0, 0.1) is 17.3 Å². The van der Waals surface area contributed by atoms with E-state index in [9.17, 15) is 4.79 Å². The van der Waals surface area contributed by atoms with Crippen molar-refractivity contribution in [2.24, 2.45) is 17.3 Å². The predicted molar refractivity (Wildman–Crippen MR) is 56.9 cm³/mol. The van der Waals surface area contributed by atoms with Gasteiger partial charge in [-0.3, -0.25) is 4.79 Å². The topological polar surface area (TPSA) is 26.3 Å². The fourth-order valence-corrected chi connectivity index (χ4v) is 2.57. The molecule has 0 aromatic rings. The summed E-state index contributed by atoms with van der Waals surface area (Å²) in [5.41, 5.74) is 0.289. The Morgan fingerprint density at radius 3 is 2.36 bits per heavy atom. The molecule has 0 saturated heterocycles. The van der Waals surface area contributed by atoms with E-state index in [0.29, 0.717) is 11.8 Å². The van der Waals surface area contributed by atoms with Crippen LogP contribution in [0.3, 0.4) is 0 Å². The average molecular weight is 198 g/mol. The first-order chi connectivity index (χ1) is 6.33. The third-order valence-corrected chi connectivity index (χ3v) is 3.81. The van der Waals surface area contributed by atoms with Gasteiger partial charge in [-0.1, -0.05) is 27.7 Å². The molecule has 1 saturated carbocycles. The van der Waals surface area contributed by atoms with Crippen molar-refractivity contribution in [2.75, 3.05) is 0 Å². The van der Waals surface area contributed by atoms with Gasteiger partial charge < -0.3 is 4.74 Å². The van der Waals surface area contributed by atoms with Crippen molar-refractivity contribution >= 4 is 5.97 Å². The molecule has 0 spiro atoms. The molecule has 2 nitrogen and oxygen atoms in total. The normalized spacial score (nSPS) is 36.5. The Bertz CT molecular complexity index is 220. The summed E-state index contributed by atoms with van der Waals surface area (Å²) < 4.78 is 5.31. The van der Waals surface area contributed by atoms with Crippen molar-refractivity contribution in [2.45, 2.75) is 53.6 Å². The summed E-state index contributed by atoms with van der Waals surface area (Å²) >= 11 is 0. The zero-order valence-corrected chi connectivity index (χ0v) is 9.96. The molecule has 1 aliphatic rings. The first kappa shape index (κ1) is 11.5. The maximum atomic E-state index is 10.9. The Hall–Kier alpha value is -0.530. The molecule has 0 radical (unpaired) electrons. The van der Waals surface area contributed by atoms with E-state index in [4.69, 9.17) is 4.74 Å². The maximum Gasteiger partial charge on any atom is 0.302 e. The second kappa shape index (κ2) is 3.92. The minimum Gasteiger partial charge on any atom is -0.463 e. The van der Waals surface area contributed by atoms with E-state index in [1.165, 1.54) is 6.92 Å². The van der Waals surface area contributed by atoms with Gasteiger partial charge in [-0.05, 0) is 30.1 Å². The molecular weight excluding hydrogens is 176 g/mol. The van der Waals surface area contributed by atoms with Crippen LogP contribution < -0.4 is 0 Å². The van der Waals surface area contributed by atoms with E-state index < -0.39 is 0 Å². The van der Waals surface area contributed by atoms with Crippen LogP contribution in [-0.4, -0.2) is 12.1 Å². The van der Waals surface area contributed by atoms with Crippen molar-refractivity contribution in [3.8, 4) is 0 Å². The van der Waals surface area contributed by atoms with Gasteiger partial charge in [0.05, 0.1) is 0 Å². The van der Waals surface area contributed by atoms with E-state index in [-0.39, 0.29) is 17.5 Å². The number of carbonyl (C=O) groups excluding carboxylic acids is 1. The molecule has 14 heavy (non-hydrogen) atoms. The first-order valence-corrected chi connectivity index (χ1v) is 5.50. The number of ether oxygens (including phenoxy) is 1. The SMILES string of the molecule is CC(=O)OC1C[C@@H](C)C(C)C(C)(C)C1. The average Bonchev–Trinajstić information content (AvgIpc) is 1.98. The van der Waals surface area contributed by atoms with Crippen molar-refractivity contribution in [3.63, 3.8) is 0 Å². The highest BCUT2D eigenvalue weighted by Crippen LogP contribution is 2.44. The lowest BCUT2D eigenvalue weighted by molar-refractivity contribution is -0.152. The van der Waals surface area contributed by atoms with Crippen molar-refractivity contribution in [1.29, 1.82) is 0 Å². The summed E-state index contributed by atoms with van der Waals surface area (Å²) in [4.78, 5) is 10.9. The largest absolute Gasteiger partial charge is 0.463 e. The summed E-state index contributed by atoms with van der Waals surface area (Å²) in [5.74, 6) is 1.20. The van der Waals surface area contributed by atoms with Crippen LogP contribution in [0.25, 0.3) is 0 Å². The molecule has 82 valence electrons. The zero-order chi connectivity index (χ0) is 10.9. The fourth-order valence-electron chi connectivity index (χ4n) is 2.57. The molecule has 0 amide bonds. The van der Waals surface area contributed by atoms with Gasteiger partial charge in [-0.15, -0.1) is 0 Å². The number of hydrogen-bond acceptors (Lipinski definition) is 2. The highest BCUT2D eigenvalue weighted by atomic mass is 16.5. The van der Waals surface area contributed by atoms with Crippen LogP contribution in [-0.2, 0) is 9.53 Å². The molecule has 0 aromatic carbocycles. The van der Waals surface area contributed by atoms with Gasteiger partial charge in [-0.2, -0.15) is 0 Å². The third kappa shape index (κ3) is 2.49. The smallest absolute Gasteiger partial charge is 0.302 e. The standard InChI is InChI=1S/C12H22O2/c1-8-6-11(14-10(3)13)7-12(4,5)9(8)2/h8-9,11H,6-7H2,1-5H3/t8-,9?,11?/m1/s1. The fraction of sp³-hybridized carbons (Fsp3) is 0.917. The second-order valence-corrected chi connectivity index (χ2v) is 5.43. The van der Waals surface area contributed by atoms with Gasteiger partial charge in [-0.25, -0.2) is 0 Å². The van der Waals surface area contributed by atoms with E-state index in [0.717, 1.165) is 12.8 Å². The Morgan fingerprint density at radius 1 is 1.36 bits per heavy atom. The number of hydrogen-bond donors (Lipinski definition) is 0. The molecule has 0 bridgehead atoms. The Balaban J connectivity index is 2.64. The minimum absolute atomic E-state index is 0.133. The van der Waals surface area contributed by atoms with Gasteiger partial charge in [0, 0.05) is 6.92 Å². The van der Waals surface area contributed by atoms with Crippen LogP contribution in [0.2, 0.25) is 0 Å². The summed E-state index contributed by atoms with van der Waals surface area (Å²) in [6, 6.07) is 0. The lowest BCUT2D eigenvalue weighted by atomic mass is 9.64. The first-order valence-electron chi connectivity index (χ1n) is 5.50. The molecule has 0 aromatic heterocycles. The molecule has 1 fully saturated rings. The van der Waals surface area contributed by atoms with Crippen LogP contribution in [0.1, 0.15) is 47.5 Å². The van der Waals surface area contributed by atoms with Crippen molar-refractivity contribution in [1.82, 2.24) is 0 Å². The summed E-state index contributed by atoms with van der Waals surface area (Å²) in [5, 5.41) is 0. The lowest BCUT2D eigenvalue weighted by Crippen LogP contribution is -2.39. The zero-order valence-electron chi connectivity index (χ0n) is 9.96. The third-order valence-electron chi connectivity index (χ3n) is 3.81. The number of rotatable bonds is 1. The molecule has 0 heterocycles. The van der Waals surface area contributed by atoms with Gasteiger partial charge in [0.25, 0.3) is 0 Å². The molecule has 0 N–H and O–H groups in total. The molecule has 2 unspecified atom stereocenters. The number of carbonyl (C=O) groups is 1. The van der Waals surface area contributed by atoms with Crippen LogP contribution in [0.4, 0.5) is 0 Å². The monoisotopic (exact) mass is 198 g/mol. The Labute approximate surface area is 87.0 Å². The van der Waals surface area contributed by atoms with E-state index >= 15 is 0 Å². The van der Waals surface area contributed by atoms with Gasteiger partial charge in [0.2, 0.25) is 0 Å². The molecule has 3 atom stereocenters. The lowest BCUT2D eigenvalue weighted by Gasteiger charge is -2.44. The van der Waals surface area contributed by atoms with E-state index in [1.807, 2.05) is 0 Å². The highest BCUT2D eigenvalue weighted by molar-refractivity contribution is 5.66. The van der Waals surface area contributed by atoms with Crippen LogP contribution >= 0.6 is 0 Å².